The smallest absolute Gasteiger partial charge is 0.253 e. The highest BCUT2D eigenvalue weighted by molar-refractivity contribution is 7.89. The molecule has 0 bridgehead atoms. The van der Waals surface area contributed by atoms with Gasteiger partial charge in [-0.05, 0) is 43.2 Å². The van der Waals surface area contributed by atoms with Crippen LogP contribution in [0.4, 0.5) is 0 Å². The molecule has 4 rings (SSSR count). The minimum absolute atomic E-state index is 0.141. The summed E-state index contributed by atoms with van der Waals surface area (Å²) in [5, 5.41) is 7.73. The van der Waals surface area contributed by atoms with Crippen LogP contribution in [0.25, 0.3) is 0 Å². The second-order valence-electron chi connectivity index (χ2n) is 7.24. The highest BCUT2D eigenvalue weighted by atomic mass is 32.2. The molecule has 3 heterocycles. The molecule has 2 aliphatic rings. The SMILES string of the molecule is O=C(c1ccc(S(=O)(=O)N2CCOCC2)cc1)N1CCCC(Oc2cccnn2)C1. The van der Waals surface area contributed by atoms with Crippen LogP contribution in [0.3, 0.4) is 0 Å². The molecule has 1 atom stereocenters. The first-order valence-electron chi connectivity index (χ1n) is 9.95. The summed E-state index contributed by atoms with van der Waals surface area (Å²) >= 11 is 0. The number of sulfonamides is 1. The quantitative estimate of drug-likeness (QED) is 0.699. The van der Waals surface area contributed by atoms with Gasteiger partial charge >= 0.3 is 0 Å². The van der Waals surface area contributed by atoms with E-state index in [0.29, 0.717) is 50.8 Å². The largest absolute Gasteiger partial charge is 0.471 e. The van der Waals surface area contributed by atoms with E-state index in [9.17, 15) is 13.2 Å². The van der Waals surface area contributed by atoms with Crippen molar-refractivity contribution < 1.29 is 22.7 Å². The normalized spacial score (nSPS) is 20.7. The van der Waals surface area contributed by atoms with Gasteiger partial charge in [-0.1, -0.05) is 0 Å². The van der Waals surface area contributed by atoms with Crippen LogP contribution in [-0.2, 0) is 14.8 Å². The van der Waals surface area contributed by atoms with Crippen LogP contribution in [-0.4, -0.2) is 79.2 Å². The van der Waals surface area contributed by atoms with E-state index in [4.69, 9.17) is 9.47 Å². The number of rotatable bonds is 5. The Morgan fingerprint density at radius 3 is 2.57 bits per heavy atom. The summed E-state index contributed by atoms with van der Waals surface area (Å²) in [4.78, 5) is 14.8. The molecule has 1 unspecified atom stereocenters. The van der Waals surface area contributed by atoms with Crippen LogP contribution in [0.15, 0.2) is 47.5 Å². The Kier molecular flexibility index (Phi) is 6.26. The van der Waals surface area contributed by atoms with Gasteiger partial charge in [0.05, 0.1) is 24.7 Å². The minimum Gasteiger partial charge on any atom is -0.471 e. The molecule has 10 heteroatoms. The molecule has 1 aromatic carbocycles. The number of carbonyl (C=O) groups is 1. The van der Waals surface area contributed by atoms with Crippen molar-refractivity contribution in [3.63, 3.8) is 0 Å². The standard InChI is InChI=1S/C20H24N4O5S/c25-20(23-10-2-3-17(15-23)29-19-4-1-9-21-22-19)16-5-7-18(8-6-16)30(26,27)24-11-13-28-14-12-24/h1,4-9,17H,2-3,10-15H2. The summed E-state index contributed by atoms with van der Waals surface area (Å²) in [5.41, 5.74) is 0.455. The molecule has 1 aromatic heterocycles. The van der Waals surface area contributed by atoms with Crippen molar-refractivity contribution in [2.45, 2.75) is 23.8 Å². The number of hydrogen-bond acceptors (Lipinski definition) is 7. The van der Waals surface area contributed by atoms with E-state index in [1.165, 1.54) is 16.4 Å². The van der Waals surface area contributed by atoms with Crippen LogP contribution >= 0.6 is 0 Å². The van der Waals surface area contributed by atoms with E-state index in [2.05, 4.69) is 10.2 Å². The van der Waals surface area contributed by atoms with E-state index in [1.807, 2.05) is 0 Å². The Morgan fingerprint density at radius 2 is 1.87 bits per heavy atom. The molecular formula is C20H24N4O5S. The molecule has 9 nitrogen and oxygen atoms in total. The van der Waals surface area contributed by atoms with Gasteiger partial charge < -0.3 is 14.4 Å². The second kappa shape index (κ2) is 9.07. The van der Waals surface area contributed by atoms with Crippen LogP contribution in [0.1, 0.15) is 23.2 Å². The number of aromatic nitrogens is 2. The number of ether oxygens (including phenoxy) is 2. The van der Waals surface area contributed by atoms with Crippen molar-refractivity contribution in [1.29, 1.82) is 0 Å². The molecule has 2 fully saturated rings. The Hall–Kier alpha value is -2.56. The monoisotopic (exact) mass is 432 g/mol. The van der Waals surface area contributed by atoms with Gasteiger partial charge in [-0.25, -0.2) is 8.42 Å². The van der Waals surface area contributed by atoms with E-state index < -0.39 is 10.0 Å². The molecule has 30 heavy (non-hydrogen) atoms. The zero-order chi connectivity index (χ0) is 21.0. The summed E-state index contributed by atoms with van der Waals surface area (Å²) in [6, 6.07) is 9.62. The topological polar surface area (TPSA) is 102 Å². The van der Waals surface area contributed by atoms with E-state index in [0.717, 1.165) is 12.8 Å². The number of hydrogen-bond donors (Lipinski definition) is 0. The highest BCUT2D eigenvalue weighted by Crippen LogP contribution is 2.21. The Bertz CT molecular complexity index is 962. The minimum atomic E-state index is -3.58. The van der Waals surface area contributed by atoms with Crippen LogP contribution < -0.4 is 4.74 Å². The Morgan fingerprint density at radius 1 is 1.10 bits per heavy atom. The number of piperidine rings is 1. The van der Waals surface area contributed by atoms with Crippen molar-refractivity contribution in [1.82, 2.24) is 19.4 Å². The van der Waals surface area contributed by atoms with Crippen LogP contribution in [0.2, 0.25) is 0 Å². The highest BCUT2D eigenvalue weighted by Gasteiger charge is 2.28. The second-order valence-corrected chi connectivity index (χ2v) is 9.17. The maximum absolute atomic E-state index is 12.9. The lowest BCUT2D eigenvalue weighted by Crippen LogP contribution is -2.44. The van der Waals surface area contributed by atoms with Crippen molar-refractivity contribution in [3.8, 4) is 5.88 Å². The van der Waals surface area contributed by atoms with Gasteiger partial charge in [-0.3, -0.25) is 4.79 Å². The first kappa shape index (κ1) is 20.7. The van der Waals surface area contributed by atoms with Gasteiger partial charge in [-0.2, -0.15) is 9.40 Å². The molecule has 0 spiro atoms. The number of carbonyl (C=O) groups excluding carboxylic acids is 1. The molecule has 2 saturated heterocycles. The first-order valence-corrected chi connectivity index (χ1v) is 11.4. The lowest BCUT2D eigenvalue weighted by atomic mass is 10.1. The maximum atomic E-state index is 12.9. The predicted molar refractivity (Wildman–Crippen MR) is 108 cm³/mol. The molecular weight excluding hydrogens is 408 g/mol. The summed E-state index contributed by atoms with van der Waals surface area (Å²) < 4.78 is 37.9. The van der Waals surface area contributed by atoms with E-state index in [-0.39, 0.29) is 16.9 Å². The molecule has 0 saturated carbocycles. The first-order chi connectivity index (χ1) is 14.5. The number of nitrogens with zero attached hydrogens (tertiary/aromatic N) is 4. The number of amides is 1. The summed E-state index contributed by atoms with van der Waals surface area (Å²) in [5.74, 6) is 0.298. The summed E-state index contributed by atoms with van der Waals surface area (Å²) in [6.07, 6.45) is 3.07. The van der Waals surface area contributed by atoms with Gasteiger partial charge in [-0.15, -0.1) is 5.10 Å². The molecule has 2 aliphatic heterocycles. The maximum Gasteiger partial charge on any atom is 0.253 e. The van der Waals surface area contributed by atoms with Gasteiger partial charge in [0.25, 0.3) is 5.91 Å². The zero-order valence-electron chi connectivity index (χ0n) is 16.5. The van der Waals surface area contributed by atoms with Crippen LogP contribution in [0.5, 0.6) is 5.88 Å². The molecule has 1 amide bonds. The fourth-order valence-electron chi connectivity index (χ4n) is 3.63. The molecule has 0 aliphatic carbocycles. The lowest BCUT2D eigenvalue weighted by molar-refractivity contribution is 0.0525. The number of morpholine rings is 1. The Balaban J connectivity index is 1.41. The zero-order valence-corrected chi connectivity index (χ0v) is 17.3. The fourth-order valence-corrected chi connectivity index (χ4v) is 5.04. The number of benzene rings is 1. The molecule has 0 radical (unpaired) electrons. The van der Waals surface area contributed by atoms with E-state index in [1.54, 1.807) is 35.4 Å². The fraction of sp³-hybridized carbons (Fsp3) is 0.450. The average molecular weight is 433 g/mol. The number of likely N-dealkylation sites (tertiary alicyclic amines) is 1. The third kappa shape index (κ3) is 4.61. The third-order valence-corrected chi connectivity index (χ3v) is 7.12. The van der Waals surface area contributed by atoms with Crippen LogP contribution in [0, 0.1) is 0 Å². The van der Waals surface area contributed by atoms with Crippen molar-refractivity contribution in [3.05, 3.63) is 48.2 Å². The van der Waals surface area contributed by atoms with Gasteiger partial charge in [0, 0.05) is 37.5 Å². The summed E-state index contributed by atoms with van der Waals surface area (Å²) in [6.45, 7) is 2.54. The third-order valence-electron chi connectivity index (χ3n) is 5.21. The van der Waals surface area contributed by atoms with Gasteiger partial charge in [0.2, 0.25) is 15.9 Å². The van der Waals surface area contributed by atoms with Crippen molar-refractivity contribution >= 4 is 15.9 Å². The lowest BCUT2D eigenvalue weighted by Gasteiger charge is -2.32. The molecule has 160 valence electrons. The van der Waals surface area contributed by atoms with E-state index >= 15 is 0 Å². The van der Waals surface area contributed by atoms with Gasteiger partial charge in [0.15, 0.2) is 0 Å². The van der Waals surface area contributed by atoms with Gasteiger partial charge in [0.1, 0.15) is 6.10 Å². The average Bonchev–Trinajstić information content (AvgIpc) is 2.80. The molecule has 0 N–H and O–H groups in total. The van der Waals surface area contributed by atoms with Crippen molar-refractivity contribution in [2.75, 3.05) is 39.4 Å². The van der Waals surface area contributed by atoms with Crippen molar-refractivity contribution in [2.24, 2.45) is 0 Å². The predicted octanol–water partition coefficient (Wildman–Crippen LogP) is 1.18. The molecule has 2 aromatic rings. The Labute approximate surface area is 175 Å². The summed E-state index contributed by atoms with van der Waals surface area (Å²) in [7, 11) is -3.58.